The van der Waals surface area contributed by atoms with Gasteiger partial charge >= 0.3 is 0 Å². The molecule has 0 aliphatic heterocycles. The van der Waals surface area contributed by atoms with Crippen molar-refractivity contribution in [2.45, 2.75) is 13.1 Å². The van der Waals surface area contributed by atoms with Crippen LogP contribution in [0.15, 0.2) is 77.9 Å². The zero-order chi connectivity index (χ0) is 22.8. The summed E-state index contributed by atoms with van der Waals surface area (Å²) in [4.78, 5) is 35.5. The number of fused-ring (bicyclic) bond motifs is 3. The van der Waals surface area contributed by atoms with E-state index in [1.165, 1.54) is 22.2 Å². The largest absolute Gasteiger partial charge is 0.497 e. The van der Waals surface area contributed by atoms with Gasteiger partial charge in [-0.3, -0.25) is 14.2 Å². The molecule has 1 N–H and O–H groups in total. The zero-order valence-electron chi connectivity index (χ0n) is 17.8. The number of hydrogen-bond acceptors (Lipinski definition) is 6. The minimum atomic E-state index is -0.272. The highest BCUT2D eigenvalue weighted by molar-refractivity contribution is 7.25. The molecule has 0 saturated heterocycles. The Morgan fingerprint density at radius 1 is 1.09 bits per heavy atom. The van der Waals surface area contributed by atoms with Crippen molar-refractivity contribution in [1.82, 2.24) is 19.9 Å². The van der Waals surface area contributed by atoms with Crippen LogP contribution in [-0.4, -0.2) is 27.6 Å². The second-order valence-electron chi connectivity index (χ2n) is 7.50. The molecule has 33 heavy (non-hydrogen) atoms. The van der Waals surface area contributed by atoms with Crippen LogP contribution in [0.4, 0.5) is 0 Å². The number of benzene rings is 2. The molecule has 5 aromatic rings. The maximum atomic E-state index is 13.1. The Kier molecular flexibility index (Phi) is 5.58. The van der Waals surface area contributed by atoms with Gasteiger partial charge in [0.25, 0.3) is 5.56 Å². The topological polar surface area (TPSA) is 86.1 Å². The Balaban J connectivity index is 1.38. The van der Waals surface area contributed by atoms with Gasteiger partial charge in [-0.05, 0) is 29.8 Å². The molecule has 0 unspecified atom stereocenters. The first-order chi connectivity index (χ1) is 16.1. The molecule has 0 fully saturated rings. The predicted molar refractivity (Wildman–Crippen MR) is 129 cm³/mol. The number of thiophene rings is 1. The Hall–Kier alpha value is -4.04. The van der Waals surface area contributed by atoms with Crippen molar-refractivity contribution >= 4 is 37.7 Å². The molecule has 164 valence electrons. The lowest BCUT2D eigenvalue weighted by Gasteiger charge is -2.08. The summed E-state index contributed by atoms with van der Waals surface area (Å²) in [6.45, 7) is 0.234. The Morgan fingerprint density at radius 3 is 2.76 bits per heavy atom. The summed E-state index contributed by atoms with van der Waals surface area (Å²) < 4.78 is 7.02. The van der Waals surface area contributed by atoms with Crippen molar-refractivity contribution in [3.05, 3.63) is 89.0 Å². The average Bonchev–Trinajstić information content (AvgIpc) is 3.24. The molecule has 0 radical (unpaired) electrons. The van der Waals surface area contributed by atoms with E-state index < -0.39 is 0 Å². The molecule has 0 bridgehead atoms. The van der Waals surface area contributed by atoms with Gasteiger partial charge in [0.1, 0.15) is 21.8 Å². The van der Waals surface area contributed by atoms with Crippen LogP contribution in [0.25, 0.3) is 31.7 Å². The summed E-state index contributed by atoms with van der Waals surface area (Å²) >= 11 is 1.30. The van der Waals surface area contributed by atoms with Crippen molar-refractivity contribution in [2.75, 3.05) is 7.11 Å². The molecule has 0 atom stereocenters. The van der Waals surface area contributed by atoms with Crippen LogP contribution >= 0.6 is 11.3 Å². The van der Waals surface area contributed by atoms with E-state index in [4.69, 9.17) is 9.72 Å². The first-order valence-electron chi connectivity index (χ1n) is 10.4. The van der Waals surface area contributed by atoms with Crippen molar-refractivity contribution < 1.29 is 9.53 Å². The molecule has 8 heteroatoms. The van der Waals surface area contributed by atoms with E-state index in [-0.39, 0.29) is 18.0 Å². The number of nitrogens with zero attached hydrogens (tertiary/aromatic N) is 3. The lowest BCUT2D eigenvalue weighted by Crippen LogP contribution is -2.31. The number of rotatable bonds is 6. The molecular weight excluding hydrogens is 436 g/mol. The normalized spacial score (nSPS) is 11.1. The quantitative estimate of drug-likeness (QED) is 0.417. The molecule has 0 aliphatic rings. The fraction of sp³-hybridized carbons (Fsp3) is 0.120. The van der Waals surface area contributed by atoms with Gasteiger partial charge in [0.15, 0.2) is 0 Å². The van der Waals surface area contributed by atoms with Crippen molar-refractivity contribution in [3.8, 4) is 17.0 Å². The van der Waals surface area contributed by atoms with E-state index in [0.717, 1.165) is 32.8 Å². The van der Waals surface area contributed by atoms with Crippen LogP contribution in [0.3, 0.4) is 0 Å². The van der Waals surface area contributed by atoms with E-state index in [2.05, 4.69) is 10.3 Å². The van der Waals surface area contributed by atoms with Gasteiger partial charge in [0, 0.05) is 17.5 Å². The number of ether oxygens (including phenoxy) is 1. The van der Waals surface area contributed by atoms with Gasteiger partial charge < -0.3 is 10.1 Å². The average molecular weight is 457 g/mol. The summed E-state index contributed by atoms with van der Waals surface area (Å²) in [6.07, 6.45) is 1.42. The number of amides is 1. The second kappa shape index (κ2) is 8.84. The van der Waals surface area contributed by atoms with E-state index in [1.807, 2.05) is 66.7 Å². The molecule has 3 aromatic heterocycles. The molecule has 7 nitrogen and oxygen atoms in total. The number of nitrogens with one attached hydrogen (secondary N) is 1. The van der Waals surface area contributed by atoms with E-state index in [9.17, 15) is 9.59 Å². The number of aromatic nitrogens is 3. The van der Waals surface area contributed by atoms with Gasteiger partial charge in [-0.15, -0.1) is 11.3 Å². The second-order valence-corrected chi connectivity index (χ2v) is 8.50. The first kappa shape index (κ1) is 20.8. The summed E-state index contributed by atoms with van der Waals surface area (Å²) in [7, 11) is 1.60. The maximum Gasteiger partial charge on any atom is 0.271 e. The Bertz CT molecular complexity index is 1530. The molecule has 0 spiro atoms. The maximum absolute atomic E-state index is 13.1. The minimum absolute atomic E-state index is 0.108. The van der Waals surface area contributed by atoms with Gasteiger partial charge in [-0.1, -0.05) is 42.5 Å². The smallest absolute Gasteiger partial charge is 0.271 e. The summed E-state index contributed by atoms with van der Waals surface area (Å²) in [5.74, 6) is 0.452. The van der Waals surface area contributed by atoms with E-state index in [0.29, 0.717) is 16.8 Å². The highest BCUT2D eigenvalue weighted by Gasteiger charge is 2.15. The number of carbonyl (C=O) groups is 1. The van der Waals surface area contributed by atoms with Gasteiger partial charge in [0.2, 0.25) is 5.91 Å². The molecule has 1 amide bonds. The van der Waals surface area contributed by atoms with Crippen LogP contribution in [0.1, 0.15) is 5.56 Å². The van der Waals surface area contributed by atoms with Crippen molar-refractivity contribution in [1.29, 1.82) is 0 Å². The van der Waals surface area contributed by atoms with Crippen LogP contribution in [-0.2, 0) is 17.9 Å². The molecule has 5 rings (SSSR count). The van der Waals surface area contributed by atoms with E-state index in [1.54, 1.807) is 7.11 Å². The molecular formula is C25H20N4O3S. The zero-order valence-corrected chi connectivity index (χ0v) is 18.6. The van der Waals surface area contributed by atoms with Crippen LogP contribution < -0.4 is 15.6 Å². The van der Waals surface area contributed by atoms with Crippen molar-refractivity contribution in [2.24, 2.45) is 0 Å². The van der Waals surface area contributed by atoms with E-state index >= 15 is 0 Å². The number of carbonyl (C=O) groups excluding carboxylic acids is 1. The van der Waals surface area contributed by atoms with Gasteiger partial charge in [0.05, 0.1) is 24.6 Å². The summed E-state index contributed by atoms with van der Waals surface area (Å²) in [5, 5.41) is 3.67. The monoisotopic (exact) mass is 456 g/mol. The van der Waals surface area contributed by atoms with Gasteiger partial charge in [-0.25, -0.2) is 9.97 Å². The Labute approximate surface area is 193 Å². The summed E-state index contributed by atoms with van der Waals surface area (Å²) in [6, 6.07) is 21.2. The van der Waals surface area contributed by atoms with Crippen LogP contribution in [0.2, 0.25) is 0 Å². The third-order valence-electron chi connectivity index (χ3n) is 5.32. The molecule has 0 saturated carbocycles. The standard InChI is InChI=1S/C25H20N4O3S/c1-32-18-9-5-6-16(12-18)13-26-21(30)14-29-15-27-22-19-10-11-20(17-7-3-2-4-8-17)28-24(19)33-23(22)25(29)31/h2-12,15H,13-14H2,1H3,(H,26,30). The molecule has 3 heterocycles. The molecule has 0 aliphatic carbocycles. The molecule has 2 aromatic carbocycles. The third kappa shape index (κ3) is 4.20. The number of methoxy groups -OCH3 is 1. The fourth-order valence-corrected chi connectivity index (χ4v) is 4.70. The lowest BCUT2D eigenvalue weighted by molar-refractivity contribution is -0.121. The number of hydrogen-bond donors (Lipinski definition) is 1. The summed E-state index contributed by atoms with van der Waals surface area (Å²) in [5.41, 5.74) is 3.12. The van der Waals surface area contributed by atoms with Crippen LogP contribution in [0, 0.1) is 0 Å². The highest BCUT2D eigenvalue weighted by atomic mass is 32.1. The first-order valence-corrected chi connectivity index (χ1v) is 11.2. The third-order valence-corrected chi connectivity index (χ3v) is 6.39. The fourth-order valence-electron chi connectivity index (χ4n) is 3.63. The van der Waals surface area contributed by atoms with Crippen molar-refractivity contribution in [3.63, 3.8) is 0 Å². The van der Waals surface area contributed by atoms with Gasteiger partial charge in [-0.2, -0.15) is 0 Å². The minimum Gasteiger partial charge on any atom is -0.497 e. The highest BCUT2D eigenvalue weighted by Crippen LogP contribution is 2.31. The Morgan fingerprint density at radius 2 is 1.94 bits per heavy atom. The van der Waals surface area contributed by atoms with Crippen LogP contribution in [0.5, 0.6) is 5.75 Å². The SMILES string of the molecule is COc1cccc(CNC(=O)Cn2cnc3c(sc4nc(-c5ccccc5)ccc43)c2=O)c1. The lowest BCUT2D eigenvalue weighted by atomic mass is 10.1. The number of pyridine rings is 1. The predicted octanol–water partition coefficient (Wildman–Crippen LogP) is 4.00.